The molecule has 0 heterocycles. The maximum atomic E-state index is 12.1. The number of carbonyl (C=O) groups is 1. The maximum absolute atomic E-state index is 12.1. The molecule has 21 heavy (non-hydrogen) atoms. The number of nitrogens with one attached hydrogen (secondary N) is 1. The number of benzene rings is 2. The van der Waals surface area contributed by atoms with Gasteiger partial charge in [0, 0.05) is 6.07 Å². The summed E-state index contributed by atoms with van der Waals surface area (Å²) >= 11 is 0. The molecule has 0 atom stereocenters. The first-order valence-corrected chi connectivity index (χ1v) is 7.16. The number of carboxylic acids is 1. The summed E-state index contributed by atoms with van der Waals surface area (Å²) in [5.74, 6) is -2.09. The molecule has 8 heteroatoms. The van der Waals surface area contributed by atoms with E-state index >= 15 is 0 Å². The zero-order chi connectivity index (χ0) is 15.6. The van der Waals surface area contributed by atoms with Crippen molar-refractivity contribution in [1.29, 1.82) is 0 Å². The average Bonchev–Trinajstić information content (AvgIpc) is 2.38. The molecule has 0 spiro atoms. The third-order valence-electron chi connectivity index (χ3n) is 2.61. The molecule has 2 rings (SSSR count). The van der Waals surface area contributed by atoms with Crippen LogP contribution in [0.1, 0.15) is 10.4 Å². The molecule has 2 aromatic carbocycles. The molecule has 0 fully saturated rings. The molecule has 0 aliphatic carbocycles. The fraction of sp³-hybridized carbons (Fsp3) is 0. The van der Waals surface area contributed by atoms with Gasteiger partial charge in [-0.3, -0.25) is 4.72 Å². The summed E-state index contributed by atoms with van der Waals surface area (Å²) in [7, 11) is -4.04. The van der Waals surface area contributed by atoms with Crippen LogP contribution in [-0.2, 0) is 10.0 Å². The van der Waals surface area contributed by atoms with Crippen LogP contribution < -0.4 is 4.72 Å². The van der Waals surface area contributed by atoms with Crippen LogP contribution in [0.25, 0.3) is 0 Å². The van der Waals surface area contributed by atoms with Gasteiger partial charge in [-0.1, -0.05) is 6.07 Å². The van der Waals surface area contributed by atoms with Gasteiger partial charge in [0.1, 0.15) is 17.1 Å². The molecule has 0 aromatic heterocycles. The predicted octanol–water partition coefficient (Wildman–Crippen LogP) is 1.60. The molecule has 0 saturated heterocycles. The van der Waals surface area contributed by atoms with Crippen molar-refractivity contribution in [3.05, 3.63) is 48.0 Å². The van der Waals surface area contributed by atoms with Crippen LogP contribution in [0.5, 0.6) is 11.5 Å². The Kier molecular flexibility index (Phi) is 3.72. The van der Waals surface area contributed by atoms with Crippen LogP contribution in [0.3, 0.4) is 0 Å². The number of phenols is 2. The molecule has 0 bridgehead atoms. The first kappa shape index (κ1) is 14.7. The lowest BCUT2D eigenvalue weighted by Gasteiger charge is -2.09. The van der Waals surface area contributed by atoms with Crippen LogP contribution in [0.4, 0.5) is 5.69 Å². The van der Waals surface area contributed by atoms with Gasteiger partial charge in [0.05, 0.1) is 10.6 Å². The summed E-state index contributed by atoms with van der Waals surface area (Å²) in [5, 5.41) is 27.5. The van der Waals surface area contributed by atoms with E-state index in [-0.39, 0.29) is 16.3 Å². The summed E-state index contributed by atoms with van der Waals surface area (Å²) in [6, 6.07) is 8.37. The second-order valence-corrected chi connectivity index (χ2v) is 5.82. The van der Waals surface area contributed by atoms with Crippen molar-refractivity contribution in [2.45, 2.75) is 4.90 Å². The highest BCUT2D eigenvalue weighted by Gasteiger charge is 2.19. The van der Waals surface area contributed by atoms with Gasteiger partial charge in [-0.2, -0.15) is 0 Å². The zero-order valence-electron chi connectivity index (χ0n) is 10.5. The Hall–Kier alpha value is -2.74. The fourth-order valence-corrected chi connectivity index (χ4v) is 2.71. The number of carboxylic acid groups (broad SMARTS) is 1. The van der Waals surface area contributed by atoms with E-state index in [1.54, 1.807) is 0 Å². The molecule has 0 aliphatic heterocycles. The smallest absolute Gasteiger partial charge is 0.339 e. The van der Waals surface area contributed by atoms with Crippen molar-refractivity contribution < 1.29 is 28.5 Å². The van der Waals surface area contributed by atoms with Gasteiger partial charge in [0.25, 0.3) is 10.0 Å². The van der Waals surface area contributed by atoms with E-state index in [1.807, 2.05) is 0 Å². The highest BCUT2D eigenvalue weighted by molar-refractivity contribution is 7.92. The van der Waals surface area contributed by atoms with E-state index in [4.69, 9.17) is 5.11 Å². The molecule has 0 amide bonds. The predicted molar refractivity (Wildman–Crippen MR) is 74.0 cm³/mol. The lowest BCUT2D eigenvalue weighted by Crippen LogP contribution is -2.13. The second kappa shape index (κ2) is 5.33. The summed E-state index contributed by atoms with van der Waals surface area (Å²) in [5.41, 5.74) is -0.395. The van der Waals surface area contributed by atoms with E-state index in [0.717, 1.165) is 18.2 Å². The molecule has 110 valence electrons. The highest BCUT2D eigenvalue weighted by Crippen LogP contribution is 2.24. The SMILES string of the molecule is O=C(O)c1cc(S(=O)(=O)Nc2cccc(O)c2)ccc1O. The number of anilines is 1. The average molecular weight is 309 g/mol. The molecule has 2 aromatic rings. The first-order chi connectivity index (χ1) is 9.79. The van der Waals surface area contributed by atoms with Crippen LogP contribution in [0.15, 0.2) is 47.4 Å². The Bertz CT molecular complexity index is 800. The molecular weight excluding hydrogens is 298 g/mol. The lowest BCUT2D eigenvalue weighted by atomic mass is 10.2. The van der Waals surface area contributed by atoms with Crippen molar-refractivity contribution in [2.24, 2.45) is 0 Å². The number of hydrogen-bond donors (Lipinski definition) is 4. The Morgan fingerprint density at radius 3 is 2.38 bits per heavy atom. The minimum Gasteiger partial charge on any atom is -0.508 e. The molecule has 7 nitrogen and oxygen atoms in total. The summed E-state index contributed by atoms with van der Waals surface area (Å²) < 4.78 is 26.5. The van der Waals surface area contributed by atoms with Gasteiger partial charge < -0.3 is 15.3 Å². The van der Waals surface area contributed by atoms with Gasteiger partial charge >= 0.3 is 5.97 Å². The summed E-state index contributed by atoms with van der Waals surface area (Å²) in [4.78, 5) is 10.6. The second-order valence-electron chi connectivity index (χ2n) is 4.14. The minimum absolute atomic E-state index is 0.118. The first-order valence-electron chi connectivity index (χ1n) is 5.68. The van der Waals surface area contributed by atoms with Crippen LogP contribution in [0.2, 0.25) is 0 Å². The van der Waals surface area contributed by atoms with E-state index in [2.05, 4.69) is 4.72 Å². The molecule has 4 N–H and O–H groups in total. The van der Waals surface area contributed by atoms with Crippen molar-refractivity contribution in [3.8, 4) is 11.5 Å². The third kappa shape index (κ3) is 3.23. The molecule has 0 unspecified atom stereocenters. The van der Waals surface area contributed by atoms with E-state index < -0.39 is 27.3 Å². The van der Waals surface area contributed by atoms with Crippen LogP contribution in [-0.4, -0.2) is 29.7 Å². The maximum Gasteiger partial charge on any atom is 0.339 e. The van der Waals surface area contributed by atoms with Gasteiger partial charge in [0.2, 0.25) is 0 Å². The summed E-state index contributed by atoms with van der Waals surface area (Å²) in [6.07, 6.45) is 0. The number of aromatic hydroxyl groups is 2. The number of sulfonamides is 1. The number of hydrogen-bond acceptors (Lipinski definition) is 5. The highest BCUT2D eigenvalue weighted by atomic mass is 32.2. The molecular formula is C13H11NO6S. The van der Waals surface area contributed by atoms with Crippen molar-refractivity contribution in [3.63, 3.8) is 0 Å². The van der Waals surface area contributed by atoms with Crippen LogP contribution in [0, 0.1) is 0 Å². The number of aromatic carboxylic acids is 1. The Labute approximate surface area is 120 Å². The number of phenolic OH excluding ortho intramolecular Hbond substituents is 1. The van der Waals surface area contributed by atoms with Gasteiger partial charge in [-0.05, 0) is 30.3 Å². The third-order valence-corrected chi connectivity index (χ3v) is 3.99. The van der Waals surface area contributed by atoms with E-state index in [9.17, 15) is 23.4 Å². The van der Waals surface area contributed by atoms with Gasteiger partial charge in [0.15, 0.2) is 0 Å². The zero-order valence-corrected chi connectivity index (χ0v) is 11.3. The molecule has 0 saturated carbocycles. The van der Waals surface area contributed by atoms with Crippen LogP contribution >= 0.6 is 0 Å². The molecule has 0 aliphatic rings. The van der Waals surface area contributed by atoms with Crippen molar-refractivity contribution in [2.75, 3.05) is 4.72 Å². The summed E-state index contributed by atoms with van der Waals surface area (Å²) in [6.45, 7) is 0. The Balaban J connectivity index is 2.40. The fourth-order valence-electron chi connectivity index (χ4n) is 1.64. The minimum atomic E-state index is -4.04. The lowest BCUT2D eigenvalue weighted by molar-refractivity contribution is 0.0693. The Morgan fingerprint density at radius 2 is 1.76 bits per heavy atom. The Morgan fingerprint density at radius 1 is 1.05 bits per heavy atom. The van der Waals surface area contributed by atoms with Crippen molar-refractivity contribution in [1.82, 2.24) is 0 Å². The van der Waals surface area contributed by atoms with Crippen molar-refractivity contribution >= 4 is 21.7 Å². The van der Waals surface area contributed by atoms with Gasteiger partial charge in [-0.15, -0.1) is 0 Å². The van der Waals surface area contributed by atoms with E-state index in [1.165, 1.54) is 24.3 Å². The normalized spacial score (nSPS) is 11.0. The van der Waals surface area contributed by atoms with Gasteiger partial charge in [-0.25, -0.2) is 13.2 Å². The quantitative estimate of drug-likeness (QED) is 0.680. The number of rotatable bonds is 4. The molecule has 0 radical (unpaired) electrons. The largest absolute Gasteiger partial charge is 0.508 e. The van der Waals surface area contributed by atoms with E-state index in [0.29, 0.717) is 0 Å². The topological polar surface area (TPSA) is 124 Å². The standard InChI is InChI=1S/C13H11NO6S/c15-9-3-1-2-8(6-9)14-21(19,20)10-4-5-12(16)11(7-10)13(17)18/h1-7,14-16H,(H,17,18). The monoisotopic (exact) mass is 309 g/mol.